The van der Waals surface area contributed by atoms with Gasteiger partial charge in [0.1, 0.15) is 10.8 Å². The number of imidazole rings is 1. The molecule has 8 heteroatoms. The van der Waals surface area contributed by atoms with E-state index in [-0.39, 0.29) is 24.0 Å². The molecule has 0 fully saturated rings. The minimum atomic E-state index is 0. The second-order valence-corrected chi connectivity index (χ2v) is 6.76. The van der Waals surface area contributed by atoms with Gasteiger partial charge in [0.05, 0.1) is 12.2 Å². The number of guanidine groups is 1. The zero-order valence-electron chi connectivity index (χ0n) is 14.8. The third-order valence-electron chi connectivity index (χ3n) is 3.75. The van der Waals surface area contributed by atoms with Crippen molar-refractivity contribution in [2.45, 2.75) is 46.7 Å². The largest absolute Gasteiger partial charge is 0.356 e. The number of aryl methyl sites for hydroxylation is 4. The summed E-state index contributed by atoms with van der Waals surface area (Å²) in [6, 6.07) is 0. The van der Waals surface area contributed by atoms with E-state index < -0.39 is 0 Å². The van der Waals surface area contributed by atoms with E-state index in [0.29, 0.717) is 6.54 Å². The van der Waals surface area contributed by atoms with E-state index in [1.165, 1.54) is 4.88 Å². The molecule has 2 heterocycles. The highest BCUT2D eigenvalue weighted by Gasteiger charge is 2.04. The first-order valence-electron chi connectivity index (χ1n) is 7.95. The zero-order chi connectivity index (χ0) is 16.7. The van der Waals surface area contributed by atoms with Crippen LogP contribution in [0.5, 0.6) is 0 Å². The number of unbranched alkanes of at least 4 members (excludes halogenated alkanes) is 1. The van der Waals surface area contributed by atoms with Crippen molar-refractivity contribution in [3.63, 3.8) is 0 Å². The van der Waals surface area contributed by atoms with Crippen LogP contribution in [0.2, 0.25) is 0 Å². The molecular weight excluding hydrogens is 435 g/mol. The summed E-state index contributed by atoms with van der Waals surface area (Å²) in [5.74, 6) is 1.90. The van der Waals surface area contributed by atoms with Gasteiger partial charge in [-0.15, -0.1) is 35.3 Å². The van der Waals surface area contributed by atoms with Gasteiger partial charge in [-0.1, -0.05) is 0 Å². The molecule has 0 aliphatic rings. The predicted octanol–water partition coefficient (Wildman–Crippen LogP) is 3.03. The van der Waals surface area contributed by atoms with Gasteiger partial charge in [-0.05, 0) is 33.6 Å². The fourth-order valence-corrected chi connectivity index (χ4v) is 3.12. The molecule has 0 atom stereocenters. The first-order valence-corrected chi connectivity index (χ1v) is 8.77. The van der Waals surface area contributed by atoms with Crippen molar-refractivity contribution in [3.05, 3.63) is 33.8 Å². The molecule has 0 saturated carbocycles. The molecule has 0 spiro atoms. The lowest BCUT2D eigenvalue weighted by molar-refractivity contribution is 0.588. The topological polar surface area (TPSA) is 67.1 Å². The Hall–Kier alpha value is -1.16. The van der Waals surface area contributed by atoms with Gasteiger partial charge in [0.2, 0.25) is 0 Å². The number of aromatic nitrogens is 3. The van der Waals surface area contributed by atoms with Crippen LogP contribution in [-0.2, 0) is 13.1 Å². The highest BCUT2D eigenvalue weighted by molar-refractivity contribution is 14.0. The Morgan fingerprint density at radius 2 is 2.04 bits per heavy atom. The van der Waals surface area contributed by atoms with Gasteiger partial charge in [-0.3, -0.25) is 4.99 Å². The summed E-state index contributed by atoms with van der Waals surface area (Å²) in [5, 5.41) is 7.75. The molecule has 6 nitrogen and oxygen atoms in total. The SMILES string of the molecule is CN=C(NCCCCn1ccnc1C)NCc1nc(C)c(C)s1.I. The summed E-state index contributed by atoms with van der Waals surface area (Å²) in [6.07, 6.45) is 6.09. The van der Waals surface area contributed by atoms with Crippen LogP contribution in [0, 0.1) is 20.8 Å². The van der Waals surface area contributed by atoms with Crippen LogP contribution < -0.4 is 10.6 Å². The van der Waals surface area contributed by atoms with Crippen LogP contribution in [-0.4, -0.2) is 34.1 Å². The first-order chi connectivity index (χ1) is 11.1. The van der Waals surface area contributed by atoms with Crippen molar-refractivity contribution in [1.82, 2.24) is 25.2 Å². The second-order valence-electron chi connectivity index (χ2n) is 5.48. The third kappa shape index (κ3) is 6.39. The summed E-state index contributed by atoms with van der Waals surface area (Å²) < 4.78 is 2.18. The van der Waals surface area contributed by atoms with E-state index in [0.717, 1.165) is 48.4 Å². The molecule has 0 aliphatic heterocycles. The van der Waals surface area contributed by atoms with Crippen LogP contribution >= 0.6 is 35.3 Å². The van der Waals surface area contributed by atoms with Crippen LogP contribution in [0.25, 0.3) is 0 Å². The molecule has 0 radical (unpaired) electrons. The molecule has 2 rings (SSSR count). The van der Waals surface area contributed by atoms with Crippen molar-refractivity contribution >= 4 is 41.3 Å². The fourth-order valence-electron chi connectivity index (χ4n) is 2.25. The Kier molecular flexibility index (Phi) is 9.27. The summed E-state index contributed by atoms with van der Waals surface area (Å²) in [6.45, 7) is 8.82. The maximum absolute atomic E-state index is 4.53. The monoisotopic (exact) mass is 462 g/mol. The zero-order valence-corrected chi connectivity index (χ0v) is 17.9. The number of aliphatic imine (C=N–C) groups is 1. The van der Waals surface area contributed by atoms with Gasteiger partial charge in [-0.2, -0.15) is 0 Å². The molecule has 0 saturated heterocycles. The van der Waals surface area contributed by atoms with Gasteiger partial charge in [-0.25, -0.2) is 9.97 Å². The summed E-state index contributed by atoms with van der Waals surface area (Å²) in [4.78, 5) is 14.3. The number of rotatable bonds is 7. The number of nitrogens with zero attached hydrogens (tertiary/aromatic N) is 4. The molecule has 2 aromatic rings. The van der Waals surface area contributed by atoms with Gasteiger partial charge >= 0.3 is 0 Å². The molecule has 0 amide bonds. The number of hydrogen-bond donors (Lipinski definition) is 2. The molecule has 0 unspecified atom stereocenters. The van der Waals surface area contributed by atoms with Crippen LogP contribution in [0.4, 0.5) is 0 Å². The average molecular weight is 462 g/mol. The molecular formula is C16H27IN6S. The standard InChI is InChI=1S/C16H26N6S.HI/c1-12-13(2)23-15(21-12)11-20-16(17-4)19-7-5-6-9-22-10-8-18-14(22)3;/h8,10H,5-7,9,11H2,1-4H3,(H2,17,19,20);1H. The number of nitrogens with one attached hydrogen (secondary N) is 2. The quantitative estimate of drug-likeness (QED) is 0.287. The Morgan fingerprint density at radius 3 is 2.62 bits per heavy atom. The Labute approximate surface area is 165 Å². The van der Waals surface area contributed by atoms with E-state index in [4.69, 9.17) is 0 Å². The maximum Gasteiger partial charge on any atom is 0.191 e. The molecule has 2 N–H and O–H groups in total. The van der Waals surface area contributed by atoms with Crippen molar-refractivity contribution in [1.29, 1.82) is 0 Å². The highest BCUT2D eigenvalue weighted by atomic mass is 127. The normalized spacial score (nSPS) is 11.2. The van der Waals surface area contributed by atoms with Crippen LogP contribution in [0.3, 0.4) is 0 Å². The second kappa shape index (κ2) is 10.7. The Bertz CT molecular complexity index is 629. The van der Waals surface area contributed by atoms with Crippen LogP contribution in [0.1, 0.15) is 34.2 Å². The number of hydrogen-bond acceptors (Lipinski definition) is 4. The summed E-state index contributed by atoms with van der Waals surface area (Å²) >= 11 is 1.73. The van der Waals surface area contributed by atoms with Crippen LogP contribution in [0.15, 0.2) is 17.4 Å². The first kappa shape index (κ1) is 20.9. The minimum Gasteiger partial charge on any atom is -0.356 e. The van der Waals surface area contributed by atoms with Crippen molar-refractivity contribution in [3.8, 4) is 0 Å². The predicted molar refractivity (Wildman–Crippen MR) is 111 cm³/mol. The molecule has 0 aliphatic carbocycles. The van der Waals surface area contributed by atoms with Gasteiger partial charge in [0.25, 0.3) is 0 Å². The van der Waals surface area contributed by atoms with E-state index in [2.05, 4.69) is 37.1 Å². The summed E-state index contributed by atoms with van der Waals surface area (Å²) in [5.41, 5.74) is 1.12. The average Bonchev–Trinajstić information content (AvgIpc) is 3.08. The van der Waals surface area contributed by atoms with Gasteiger partial charge in [0, 0.05) is 37.4 Å². The van der Waals surface area contributed by atoms with E-state index >= 15 is 0 Å². The Balaban J connectivity index is 0.00000288. The lowest BCUT2D eigenvalue weighted by atomic mass is 10.3. The molecule has 0 bridgehead atoms. The number of halogens is 1. The molecule has 24 heavy (non-hydrogen) atoms. The van der Waals surface area contributed by atoms with Crippen molar-refractivity contribution < 1.29 is 0 Å². The lowest BCUT2D eigenvalue weighted by Crippen LogP contribution is -2.37. The lowest BCUT2D eigenvalue weighted by Gasteiger charge is -2.11. The minimum absolute atomic E-state index is 0. The summed E-state index contributed by atoms with van der Waals surface area (Å²) in [7, 11) is 1.79. The van der Waals surface area contributed by atoms with Gasteiger partial charge in [0.15, 0.2) is 5.96 Å². The van der Waals surface area contributed by atoms with Crippen molar-refractivity contribution in [2.24, 2.45) is 4.99 Å². The molecule has 134 valence electrons. The molecule has 2 aromatic heterocycles. The van der Waals surface area contributed by atoms with Crippen molar-refractivity contribution in [2.75, 3.05) is 13.6 Å². The molecule has 0 aromatic carbocycles. The van der Waals surface area contributed by atoms with E-state index in [1.54, 1.807) is 18.4 Å². The van der Waals surface area contributed by atoms with E-state index in [9.17, 15) is 0 Å². The number of thiazole rings is 1. The van der Waals surface area contributed by atoms with Gasteiger partial charge < -0.3 is 15.2 Å². The smallest absolute Gasteiger partial charge is 0.191 e. The third-order valence-corrected chi connectivity index (χ3v) is 4.82. The van der Waals surface area contributed by atoms with E-state index in [1.807, 2.05) is 26.2 Å². The maximum atomic E-state index is 4.53. The Morgan fingerprint density at radius 1 is 1.25 bits per heavy atom. The highest BCUT2D eigenvalue weighted by Crippen LogP contribution is 2.15. The fraction of sp³-hybridized carbons (Fsp3) is 0.562.